The normalized spacial score (nSPS) is 11.6. The van der Waals surface area contributed by atoms with Crippen molar-refractivity contribution in [2.24, 2.45) is 0 Å². The number of carboxylic acids is 1. The van der Waals surface area contributed by atoms with Gasteiger partial charge in [0.15, 0.2) is 0 Å². The van der Waals surface area contributed by atoms with Crippen LogP contribution < -0.4 is 10.6 Å². The van der Waals surface area contributed by atoms with Crippen LogP contribution in [0, 0.1) is 0 Å². The van der Waals surface area contributed by atoms with E-state index in [1.807, 2.05) is 36.4 Å². The second kappa shape index (κ2) is 8.81. The molecule has 1 unspecified atom stereocenters. The summed E-state index contributed by atoms with van der Waals surface area (Å²) in [4.78, 5) is 36.1. The van der Waals surface area contributed by atoms with E-state index in [1.54, 1.807) is 36.4 Å². The monoisotopic (exact) mass is 376 g/mol. The van der Waals surface area contributed by atoms with Gasteiger partial charge in [-0.1, -0.05) is 66.7 Å². The number of carboxylic acid groups (broad SMARTS) is 1. The molecule has 0 radical (unpaired) electrons. The number of hydrogen-bond donors (Lipinski definition) is 3. The zero-order chi connectivity index (χ0) is 19.9. The van der Waals surface area contributed by atoms with Gasteiger partial charge in [-0.2, -0.15) is 0 Å². The van der Waals surface area contributed by atoms with Gasteiger partial charge in [0.2, 0.25) is 5.91 Å². The van der Waals surface area contributed by atoms with Gasteiger partial charge in [-0.3, -0.25) is 9.59 Å². The Morgan fingerprint density at radius 2 is 1.54 bits per heavy atom. The van der Waals surface area contributed by atoms with Crippen LogP contribution in [-0.2, 0) is 16.0 Å². The molecule has 0 saturated heterocycles. The minimum absolute atomic E-state index is 0.166. The van der Waals surface area contributed by atoms with Gasteiger partial charge >= 0.3 is 5.97 Å². The van der Waals surface area contributed by atoms with Crippen molar-refractivity contribution < 1.29 is 19.5 Å². The molecule has 28 heavy (non-hydrogen) atoms. The van der Waals surface area contributed by atoms with E-state index in [4.69, 9.17) is 0 Å². The molecule has 3 rings (SSSR count). The van der Waals surface area contributed by atoms with Gasteiger partial charge in [0.1, 0.15) is 6.04 Å². The summed E-state index contributed by atoms with van der Waals surface area (Å²) in [5.41, 5.74) is 1.26. The van der Waals surface area contributed by atoms with Crippen LogP contribution >= 0.6 is 0 Å². The first-order valence-corrected chi connectivity index (χ1v) is 8.86. The average Bonchev–Trinajstić information content (AvgIpc) is 2.71. The van der Waals surface area contributed by atoms with Crippen LogP contribution in [0.3, 0.4) is 0 Å². The van der Waals surface area contributed by atoms with Crippen molar-refractivity contribution in [1.82, 2.24) is 10.6 Å². The van der Waals surface area contributed by atoms with Crippen LogP contribution in [0.1, 0.15) is 15.9 Å². The maximum absolute atomic E-state index is 12.5. The van der Waals surface area contributed by atoms with Crippen LogP contribution in [0.5, 0.6) is 0 Å². The van der Waals surface area contributed by atoms with Gasteiger partial charge in [0, 0.05) is 12.0 Å². The Hall–Kier alpha value is -3.67. The lowest BCUT2D eigenvalue weighted by atomic mass is 10.0. The molecule has 0 heterocycles. The summed E-state index contributed by atoms with van der Waals surface area (Å²) in [7, 11) is 0. The van der Waals surface area contributed by atoms with Crippen molar-refractivity contribution >= 4 is 28.6 Å². The Labute approximate surface area is 162 Å². The standard InChI is InChI=1S/C22H20N2O4/c25-20(24-19(22(27)28)13-15-7-2-1-3-8-15)14-23-21(26)18-12-6-10-16-9-4-5-11-17(16)18/h1-12,19H,13-14H2,(H,23,26)(H,24,25)(H,27,28). The van der Waals surface area contributed by atoms with Gasteiger partial charge in [0.25, 0.3) is 5.91 Å². The van der Waals surface area contributed by atoms with Crippen LogP contribution in [0.2, 0.25) is 0 Å². The van der Waals surface area contributed by atoms with E-state index in [-0.39, 0.29) is 18.9 Å². The molecule has 0 bridgehead atoms. The predicted molar refractivity (Wildman–Crippen MR) is 106 cm³/mol. The van der Waals surface area contributed by atoms with Crippen molar-refractivity contribution in [2.45, 2.75) is 12.5 Å². The summed E-state index contributed by atoms with van der Waals surface area (Å²) in [6.07, 6.45) is 0.166. The van der Waals surface area contributed by atoms with E-state index in [0.717, 1.165) is 16.3 Å². The highest BCUT2D eigenvalue weighted by Crippen LogP contribution is 2.18. The number of rotatable bonds is 7. The predicted octanol–water partition coefficient (Wildman–Crippen LogP) is 2.38. The van der Waals surface area contributed by atoms with Crippen molar-refractivity contribution in [3.8, 4) is 0 Å². The zero-order valence-electron chi connectivity index (χ0n) is 15.1. The first kappa shape index (κ1) is 19.1. The molecule has 0 aliphatic rings. The summed E-state index contributed by atoms with van der Waals surface area (Å²) in [5.74, 6) is -2.07. The van der Waals surface area contributed by atoms with E-state index in [2.05, 4.69) is 10.6 Å². The lowest BCUT2D eigenvalue weighted by Gasteiger charge is -2.15. The van der Waals surface area contributed by atoms with Crippen LogP contribution in [0.4, 0.5) is 0 Å². The van der Waals surface area contributed by atoms with Crippen molar-refractivity contribution in [1.29, 1.82) is 0 Å². The smallest absolute Gasteiger partial charge is 0.326 e. The minimum Gasteiger partial charge on any atom is -0.480 e. The lowest BCUT2D eigenvalue weighted by Crippen LogP contribution is -2.46. The molecule has 0 aliphatic carbocycles. The Bertz CT molecular complexity index is 996. The Morgan fingerprint density at radius 3 is 2.29 bits per heavy atom. The molecule has 0 fully saturated rings. The summed E-state index contributed by atoms with van der Waals surface area (Å²) >= 11 is 0. The van der Waals surface area contributed by atoms with Crippen LogP contribution in [0.15, 0.2) is 72.8 Å². The van der Waals surface area contributed by atoms with Gasteiger partial charge in [0.05, 0.1) is 6.54 Å². The highest BCUT2D eigenvalue weighted by atomic mass is 16.4. The first-order valence-electron chi connectivity index (χ1n) is 8.86. The topological polar surface area (TPSA) is 95.5 Å². The fourth-order valence-electron chi connectivity index (χ4n) is 2.97. The largest absolute Gasteiger partial charge is 0.480 e. The average molecular weight is 376 g/mol. The molecule has 6 heteroatoms. The highest BCUT2D eigenvalue weighted by molar-refractivity contribution is 6.07. The number of fused-ring (bicyclic) bond motifs is 1. The molecule has 1 atom stereocenters. The molecular weight excluding hydrogens is 356 g/mol. The van der Waals surface area contributed by atoms with Gasteiger partial charge in [-0.05, 0) is 22.4 Å². The van der Waals surface area contributed by atoms with Crippen molar-refractivity contribution in [3.05, 3.63) is 83.9 Å². The van der Waals surface area contributed by atoms with Crippen molar-refractivity contribution in [2.75, 3.05) is 6.54 Å². The maximum atomic E-state index is 12.5. The summed E-state index contributed by atoms with van der Waals surface area (Å²) in [6.45, 7) is -0.305. The molecule has 142 valence electrons. The zero-order valence-corrected chi connectivity index (χ0v) is 15.1. The SMILES string of the molecule is O=C(CNC(=O)c1cccc2ccccc12)NC(Cc1ccccc1)C(=O)O. The summed E-state index contributed by atoms with van der Waals surface area (Å²) in [6, 6.07) is 20.8. The molecule has 0 spiro atoms. The fourth-order valence-corrected chi connectivity index (χ4v) is 2.97. The Morgan fingerprint density at radius 1 is 0.857 bits per heavy atom. The van der Waals surface area contributed by atoms with Crippen LogP contribution in [0.25, 0.3) is 10.8 Å². The number of carbonyl (C=O) groups is 3. The number of carbonyl (C=O) groups excluding carboxylic acids is 2. The van der Waals surface area contributed by atoms with E-state index in [0.29, 0.717) is 5.56 Å². The molecule has 3 aromatic carbocycles. The number of amides is 2. The van der Waals surface area contributed by atoms with Crippen LogP contribution in [-0.4, -0.2) is 35.5 Å². The molecule has 2 amide bonds. The van der Waals surface area contributed by atoms with Gasteiger partial charge < -0.3 is 15.7 Å². The first-order chi connectivity index (χ1) is 13.5. The minimum atomic E-state index is -1.13. The van der Waals surface area contributed by atoms with Gasteiger partial charge in [-0.15, -0.1) is 0 Å². The quantitative estimate of drug-likeness (QED) is 0.590. The molecule has 3 aromatic rings. The summed E-state index contributed by atoms with van der Waals surface area (Å²) in [5, 5.41) is 16.1. The number of benzene rings is 3. The summed E-state index contributed by atoms with van der Waals surface area (Å²) < 4.78 is 0. The molecule has 6 nitrogen and oxygen atoms in total. The lowest BCUT2D eigenvalue weighted by molar-refractivity contribution is -0.141. The third-order valence-electron chi connectivity index (χ3n) is 4.36. The van der Waals surface area contributed by atoms with E-state index in [9.17, 15) is 19.5 Å². The highest BCUT2D eigenvalue weighted by Gasteiger charge is 2.21. The van der Waals surface area contributed by atoms with E-state index < -0.39 is 17.9 Å². The Balaban J connectivity index is 1.61. The molecule has 0 saturated carbocycles. The van der Waals surface area contributed by atoms with E-state index >= 15 is 0 Å². The molecule has 0 aliphatic heterocycles. The second-order valence-corrected chi connectivity index (χ2v) is 6.36. The van der Waals surface area contributed by atoms with E-state index in [1.165, 1.54) is 0 Å². The third kappa shape index (κ3) is 4.73. The molecule has 3 N–H and O–H groups in total. The number of nitrogens with one attached hydrogen (secondary N) is 2. The maximum Gasteiger partial charge on any atom is 0.326 e. The number of aliphatic carboxylic acids is 1. The molecular formula is C22H20N2O4. The number of hydrogen-bond acceptors (Lipinski definition) is 3. The molecule has 0 aromatic heterocycles. The Kier molecular flexibility index (Phi) is 6.01. The fraction of sp³-hybridized carbons (Fsp3) is 0.136. The van der Waals surface area contributed by atoms with Crippen molar-refractivity contribution in [3.63, 3.8) is 0 Å². The van der Waals surface area contributed by atoms with Gasteiger partial charge in [-0.25, -0.2) is 4.79 Å². The third-order valence-corrected chi connectivity index (χ3v) is 4.36. The second-order valence-electron chi connectivity index (χ2n) is 6.36.